The molecule has 0 radical (unpaired) electrons. The van der Waals surface area contributed by atoms with Gasteiger partial charge < -0.3 is 4.74 Å². The molecule has 0 aliphatic carbocycles. The fourth-order valence-electron chi connectivity index (χ4n) is 3.27. The van der Waals surface area contributed by atoms with Gasteiger partial charge in [-0.05, 0) is 31.3 Å². The van der Waals surface area contributed by atoms with Crippen LogP contribution in [0.5, 0.6) is 0 Å². The molecule has 3 rings (SSSR count). The summed E-state index contributed by atoms with van der Waals surface area (Å²) in [4.78, 5) is 5.05. The molecule has 2 atom stereocenters. The maximum Gasteiger partial charge on any atom is 0.0869 e. The minimum absolute atomic E-state index is 0.445. The first-order valence-electron chi connectivity index (χ1n) is 7.99. The molecule has 0 saturated carbocycles. The highest BCUT2D eigenvalue weighted by molar-refractivity contribution is 7.98. The highest BCUT2D eigenvalue weighted by atomic mass is 32.2. The van der Waals surface area contributed by atoms with Crippen LogP contribution in [0.4, 0.5) is 0 Å². The van der Waals surface area contributed by atoms with E-state index < -0.39 is 0 Å². The van der Waals surface area contributed by atoms with E-state index in [1.54, 1.807) is 0 Å². The van der Waals surface area contributed by atoms with Gasteiger partial charge in [0.25, 0.3) is 0 Å². The van der Waals surface area contributed by atoms with Crippen molar-refractivity contribution in [2.45, 2.75) is 24.3 Å². The van der Waals surface area contributed by atoms with Crippen LogP contribution in [0.25, 0.3) is 0 Å². The van der Waals surface area contributed by atoms with Crippen LogP contribution >= 0.6 is 11.8 Å². The van der Waals surface area contributed by atoms with E-state index in [0.717, 1.165) is 25.4 Å². The molecule has 2 saturated heterocycles. The first-order valence-corrected chi connectivity index (χ1v) is 9.14. The number of likely N-dealkylation sites (tertiary alicyclic amines) is 1. The zero-order valence-corrected chi connectivity index (χ0v) is 13.7. The van der Waals surface area contributed by atoms with Crippen molar-refractivity contribution in [2.75, 3.05) is 45.6 Å². The summed E-state index contributed by atoms with van der Waals surface area (Å²) in [6.07, 6.45) is 1.72. The van der Waals surface area contributed by atoms with Crippen molar-refractivity contribution in [3.8, 4) is 0 Å². The predicted octanol–water partition coefficient (Wildman–Crippen LogP) is 2.32. The van der Waals surface area contributed by atoms with Crippen LogP contribution in [0.1, 0.15) is 12.0 Å². The Labute approximate surface area is 132 Å². The topological polar surface area (TPSA) is 15.7 Å². The first-order chi connectivity index (χ1) is 10.3. The van der Waals surface area contributed by atoms with Crippen molar-refractivity contribution in [1.82, 2.24) is 9.80 Å². The Morgan fingerprint density at radius 3 is 2.90 bits per heavy atom. The third-order valence-electron chi connectivity index (χ3n) is 4.53. The van der Waals surface area contributed by atoms with Crippen LogP contribution in [0, 0.1) is 0 Å². The number of fused-ring (bicyclic) bond motifs is 1. The monoisotopic (exact) mass is 306 g/mol. The second-order valence-corrected chi connectivity index (χ2v) is 7.21. The maximum atomic E-state index is 5.90. The summed E-state index contributed by atoms with van der Waals surface area (Å²) in [5, 5.41) is 0. The van der Waals surface area contributed by atoms with Crippen molar-refractivity contribution in [3.05, 3.63) is 35.9 Å². The van der Waals surface area contributed by atoms with Crippen LogP contribution in [0.2, 0.25) is 0 Å². The SMILES string of the molecule is CN1CCO[C@@H]2CN(CCCSCc3ccccc3)C[C@@H]21. The zero-order chi connectivity index (χ0) is 14.5. The van der Waals surface area contributed by atoms with Gasteiger partial charge in [0.2, 0.25) is 0 Å². The average molecular weight is 306 g/mol. The Morgan fingerprint density at radius 2 is 2.10 bits per heavy atom. The Bertz CT molecular complexity index is 428. The summed E-state index contributed by atoms with van der Waals surface area (Å²) in [5.74, 6) is 2.38. The van der Waals surface area contributed by atoms with Crippen LogP contribution in [-0.2, 0) is 10.5 Å². The minimum Gasteiger partial charge on any atom is -0.374 e. The second kappa shape index (κ2) is 7.63. The third kappa shape index (κ3) is 4.22. The summed E-state index contributed by atoms with van der Waals surface area (Å²) in [7, 11) is 2.24. The van der Waals surface area contributed by atoms with Crippen molar-refractivity contribution in [2.24, 2.45) is 0 Å². The molecule has 0 amide bonds. The number of nitrogens with zero attached hydrogens (tertiary/aromatic N) is 2. The largest absolute Gasteiger partial charge is 0.374 e. The lowest BCUT2D eigenvalue weighted by molar-refractivity contribution is -0.0369. The van der Waals surface area contributed by atoms with Gasteiger partial charge in [-0.3, -0.25) is 9.80 Å². The molecule has 0 N–H and O–H groups in total. The molecule has 21 heavy (non-hydrogen) atoms. The number of morpholine rings is 1. The number of ether oxygens (including phenoxy) is 1. The van der Waals surface area contributed by atoms with Gasteiger partial charge in [0.15, 0.2) is 0 Å². The molecule has 4 heteroatoms. The number of hydrogen-bond acceptors (Lipinski definition) is 4. The Morgan fingerprint density at radius 1 is 1.24 bits per heavy atom. The van der Waals surface area contributed by atoms with Gasteiger partial charge in [-0.1, -0.05) is 30.3 Å². The third-order valence-corrected chi connectivity index (χ3v) is 5.64. The Kier molecular flexibility index (Phi) is 5.58. The van der Waals surface area contributed by atoms with Crippen LogP contribution in [0.15, 0.2) is 30.3 Å². The molecule has 0 unspecified atom stereocenters. The van der Waals surface area contributed by atoms with Gasteiger partial charge in [0.1, 0.15) is 0 Å². The normalized spacial score (nSPS) is 26.9. The van der Waals surface area contributed by atoms with E-state index in [1.807, 2.05) is 11.8 Å². The maximum absolute atomic E-state index is 5.90. The molecular weight excluding hydrogens is 280 g/mol. The van der Waals surface area contributed by atoms with Gasteiger partial charge in [-0.25, -0.2) is 0 Å². The van der Waals surface area contributed by atoms with Gasteiger partial charge >= 0.3 is 0 Å². The highest BCUT2D eigenvalue weighted by Crippen LogP contribution is 2.22. The van der Waals surface area contributed by atoms with E-state index in [-0.39, 0.29) is 0 Å². The summed E-state index contributed by atoms with van der Waals surface area (Å²) in [6.45, 7) is 5.51. The highest BCUT2D eigenvalue weighted by Gasteiger charge is 2.37. The number of rotatable bonds is 6. The standard InChI is InChI=1S/C17H26N2OS/c1-18-9-10-20-17-13-19(12-16(17)18)8-5-11-21-14-15-6-3-2-4-7-15/h2-4,6-7,16-17H,5,8-14H2,1H3/t16-,17+/m0/s1. The number of likely N-dealkylation sites (N-methyl/N-ethyl adjacent to an activating group) is 1. The van der Waals surface area contributed by atoms with Gasteiger partial charge in [0, 0.05) is 31.4 Å². The molecule has 3 nitrogen and oxygen atoms in total. The van der Waals surface area contributed by atoms with Crippen molar-refractivity contribution < 1.29 is 4.74 Å². The van der Waals surface area contributed by atoms with Crippen molar-refractivity contribution >= 4 is 11.8 Å². The van der Waals surface area contributed by atoms with Crippen LogP contribution in [0.3, 0.4) is 0 Å². The molecule has 2 heterocycles. The molecular formula is C17H26N2OS. The number of benzene rings is 1. The van der Waals surface area contributed by atoms with Crippen LogP contribution < -0.4 is 0 Å². The molecule has 0 spiro atoms. The number of hydrogen-bond donors (Lipinski definition) is 0. The number of thioether (sulfide) groups is 1. The molecule has 2 aliphatic heterocycles. The molecule has 0 aromatic heterocycles. The molecule has 2 aliphatic rings. The zero-order valence-electron chi connectivity index (χ0n) is 12.9. The van der Waals surface area contributed by atoms with E-state index in [1.165, 1.54) is 30.8 Å². The summed E-state index contributed by atoms with van der Waals surface area (Å²) in [5.41, 5.74) is 1.43. The lowest BCUT2D eigenvalue weighted by Gasteiger charge is -2.33. The van der Waals surface area contributed by atoms with E-state index in [2.05, 4.69) is 47.2 Å². The van der Waals surface area contributed by atoms with E-state index >= 15 is 0 Å². The van der Waals surface area contributed by atoms with Crippen molar-refractivity contribution in [1.29, 1.82) is 0 Å². The van der Waals surface area contributed by atoms with E-state index in [9.17, 15) is 0 Å². The summed E-state index contributed by atoms with van der Waals surface area (Å²) >= 11 is 2.05. The van der Waals surface area contributed by atoms with Crippen LogP contribution in [-0.4, -0.2) is 67.5 Å². The molecule has 116 valence electrons. The Balaban J connectivity index is 1.31. The van der Waals surface area contributed by atoms with E-state index in [4.69, 9.17) is 4.74 Å². The minimum atomic E-state index is 0.445. The summed E-state index contributed by atoms with van der Waals surface area (Å²) < 4.78 is 5.90. The quantitative estimate of drug-likeness (QED) is 0.749. The molecule has 0 bridgehead atoms. The van der Waals surface area contributed by atoms with Gasteiger partial charge in [0.05, 0.1) is 12.7 Å². The fourth-order valence-corrected chi connectivity index (χ4v) is 4.18. The van der Waals surface area contributed by atoms with E-state index in [0.29, 0.717) is 12.1 Å². The molecule has 2 fully saturated rings. The molecule has 1 aromatic rings. The lowest BCUT2D eigenvalue weighted by atomic mass is 10.1. The van der Waals surface area contributed by atoms with Gasteiger partial charge in [-0.2, -0.15) is 11.8 Å². The fraction of sp³-hybridized carbons (Fsp3) is 0.647. The van der Waals surface area contributed by atoms with Gasteiger partial charge in [-0.15, -0.1) is 0 Å². The average Bonchev–Trinajstić information content (AvgIpc) is 2.92. The first kappa shape index (κ1) is 15.3. The van der Waals surface area contributed by atoms with Crippen molar-refractivity contribution in [3.63, 3.8) is 0 Å². The molecule has 1 aromatic carbocycles. The lowest BCUT2D eigenvalue weighted by Crippen LogP contribution is -2.48. The second-order valence-electron chi connectivity index (χ2n) is 6.11. The predicted molar refractivity (Wildman–Crippen MR) is 89.8 cm³/mol. The summed E-state index contributed by atoms with van der Waals surface area (Å²) in [6, 6.07) is 11.4. The Hall–Kier alpha value is -0.550. The smallest absolute Gasteiger partial charge is 0.0869 e.